The second-order valence-corrected chi connectivity index (χ2v) is 2.15. The van der Waals surface area contributed by atoms with Crippen molar-refractivity contribution in [1.29, 1.82) is 5.26 Å². The summed E-state index contributed by atoms with van der Waals surface area (Å²) in [5, 5.41) is 8.23. The Balaban J connectivity index is 3.23. The molecule has 0 bridgehead atoms. The molecule has 1 aromatic rings. The average Bonchev–Trinajstić information content (AvgIpc) is 1.88. The van der Waals surface area contributed by atoms with E-state index >= 15 is 0 Å². The molecule has 1 aromatic heterocycles. The molecule has 4 heteroatoms. The van der Waals surface area contributed by atoms with E-state index in [-0.39, 0.29) is 5.69 Å². The van der Waals surface area contributed by atoms with Gasteiger partial charge in [0.1, 0.15) is 6.07 Å². The molecule has 0 unspecified atom stereocenters. The quantitative estimate of drug-likeness (QED) is 0.573. The van der Waals surface area contributed by atoms with E-state index in [1.165, 1.54) is 6.20 Å². The van der Waals surface area contributed by atoms with Crippen molar-refractivity contribution in [2.45, 2.75) is 4.90 Å². The first kappa shape index (κ1) is 7.03. The van der Waals surface area contributed by atoms with Crippen molar-refractivity contribution >= 4 is 12.6 Å². The Labute approximate surface area is 62.7 Å². The van der Waals surface area contributed by atoms with Gasteiger partial charge in [-0.05, 0) is 6.07 Å². The highest BCUT2D eigenvalue weighted by molar-refractivity contribution is 7.80. The number of hydrogen-bond acceptors (Lipinski definition) is 3. The van der Waals surface area contributed by atoms with Crippen molar-refractivity contribution in [3.8, 4) is 6.07 Å². The van der Waals surface area contributed by atoms with Gasteiger partial charge in [-0.2, -0.15) is 5.26 Å². The molecule has 0 amide bonds. The van der Waals surface area contributed by atoms with Crippen molar-refractivity contribution in [2.24, 2.45) is 0 Å². The van der Waals surface area contributed by atoms with Crippen molar-refractivity contribution in [1.82, 2.24) is 4.98 Å². The molecule has 0 aromatic carbocycles. The summed E-state index contributed by atoms with van der Waals surface area (Å²) in [4.78, 5) is 3.90. The number of halogens is 1. The first-order valence-electron chi connectivity index (χ1n) is 2.48. The third-order valence-electron chi connectivity index (χ3n) is 0.933. The maximum absolute atomic E-state index is 12.5. The highest BCUT2D eigenvalue weighted by Gasteiger charge is 2.00. The molecule has 0 saturated carbocycles. The first-order valence-corrected chi connectivity index (χ1v) is 2.93. The summed E-state index contributed by atoms with van der Waals surface area (Å²) in [5.41, 5.74) is -0.196. The summed E-state index contributed by atoms with van der Waals surface area (Å²) in [5.74, 6) is -0.630. The molecule has 0 saturated heterocycles. The first-order chi connectivity index (χ1) is 4.74. The second-order valence-electron chi connectivity index (χ2n) is 1.64. The van der Waals surface area contributed by atoms with Gasteiger partial charge in [0.2, 0.25) is 0 Å². The predicted molar refractivity (Wildman–Crippen MR) is 36.2 cm³/mol. The van der Waals surface area contributed by atoms with Gasteiger partial charge in [-0.1, -0.05) is 0 Å². The van der Waals surface area contributed by atoms with Gasteiger partial charge in [0.05, 0.1) is 0 Å². The lowest BCUT2D eigenvalue weighted by atomic mass is 10.3. The van der Waals surface area contributed by atoms with Crippen LogP contribution in [0, 0.1) is 17.1 Å². The zero-order valence-electron chi connectivity index (χ0n) is 4.87. The van der Waals surface area contributed by atoms with Crippen LogP contribution in [0.25, 0.3) is 0 Å². The molecule has 0 N–H and O–H groups in total. The third-order valence-corrected chi connectivity index (χ3v) is 1.18. The maximum atomic E-state index is 12.5. The minimum Gasteiger partial charge on any atom is -0.241 e. The van der Waals surface area contributed by atoms with Crippen LogP contribution in [0.5, 0.6) is 0 Å². The van der Waals surface area contributed by atoms with Crippen LogP contribution in [0.15, 0.2) is 17.2 Å². The maximum Gasteiger partial charge on any atom is 0.176 e. The molecule has 0 aliphatic carbocycles. The molecule has 50 valence electrons. The largest absolute Gasteiger partial charge is 0.241 e. The Morgan fingerprint density at radius 3 is 2.90 bits per heavy atom. The van der Waals surface area contributed by atoms with Crippen LogP contribution in [0.1, 0.15) is 5.69 Å². The molecule has 0 spiro atoms. The van der Waals surface area contributed by atoms with Gasteiger partial charge in [-0.15, -0.1) is 12.6 Å². The van der Waals surface area contributed by atoms with E-state index in [0.717, 1.165) is 6.07 Å². The summed E-state index contributed by atoms with van der Waals surface area (Å²) in [6, 6.07) is 2.75. The molecule has 0 aliphatic rings. The Morgan fingerprint density at radius 2 is 2.40 bits per heavy atom. The number of nitriles is 1. The minimum absolute atomic E-state index is 0.196. The zero-order chi connectivity index (χ0) is 7.56. The fourth-order valence-electron chi connectivity index (χ4n) is 0.510. The predicted octanol–water partition coefficient (Wildman–Crippen LogP) is 1.38. The van der Waals surface area contributed by atoms with Crippen LogP contribution in [0.3, 0.4) is 0 Å². The normalized spacial score (nSPS) is 8.90. The lowest BCUT2D eigenvalue weighted by Crippen LogP contribution is -1.87. The van der Waals surface area contributed by atoms with Gasteiger partial charge in [0, 0.05) is 11.1 Å². The third kappa shape index (κ3) is 1.25. The van der Waals surface area contributed by atoms with Crippen LogP contribution in [0.2, 0.25) is 0 Å². The average molecular weight is 154 g/mol. The minimum atomic E-state index is -0.630. The van der Waals surface area contributed by atoms with E-state index in [2.05, 4.69) is 17.6 Å². The van der Waals surface area contributed by atoms with E-state index in [1.807, 2.05) is 0 Å². The van der Waals surface area contributed by atoms with Gasteiger partial charge in [-0.3, -0.25) is 0 Å². The Bertz CT molecular complexity index is 292. The van der Waals surface area contributed by atoms with E-state index in [9.17, 15) is 4.39 Å². The molecule has 2 nitrogen and oxygen atoms in total. The SMILES string of the molecule is N#Cc1ncc(S)cc1F. The Morgan fingerprint density at radius 1 is 1.70 bits per heavy atom. The molecule has 10 heavy (non-hydrogen) atoms. The van der Waals surface area contributed by atoms with Gasteiger partial charge < -0.3 is 0 Å². The van der Waals surface area contributed by atoms with Gasteiger partial charge >= 0.3 is 0 Å². The number of thiol groups is 1. The molecule has 0 fully saturated rings. The zero-order valence-corrected chi connectivity index (χ0v) is 5.77. The molecule has 0 atom stereocenters. The van der Waals surface area contributed by atoms with Crippen LogP contribution in [-0.2, 0) is 0 Å². The number of hydrogen-bond donors (Lipinski definition) is 1. The van der Waals surface area contributed by atoms with Crippen LogP contribution < -0.4 is 0 Å². The molecule has 0 aliphatic heterocycles. The van der Waals surface area contributed by atoms with Crippen LogP contribution in [0.4, 0.5) is 4.39 Å². The van der Waals surface area contributed by atoms with Crippen molar-refractivity contribution < 1.29 is 4.39 Å². The van der Waals surface area contributed by atoms with E-state index in [1.54, 1.807) is 6.07 Å². The molecule has 1 rings (SSSR count). The number of nitrogens with zero attached hydrogens (tertiary/aromatic N) is 2. The van der Waals surface area contributed by atoms with Crippen LogP contribution in [-0.4, -0.2) is 4.98 Å². The van der Waals surface area contributed by atoms with Crippen molar-refractivity contribution in [3.05, 3.63) is 23.8 Å². The Hall–Kier alpha value is -1.08. The highest BCUT2D eigenvalue weighted by atomic mass is 32.1. The highest BCUT2D eigenvalue weighted by Crippen LogP contribution is 2.08. The number of pyridine rings is 1. The lowest BCUT2D eigenvalue weighted by Gasteiger charge is -1.91. The van der Waals surface area contributed by atoms with Crippen LogP contribution >= 0.6 is 12.6 Å². The fraction of sp³-hybridized carbons (Fsp3) is 0. The van der Waals surface area contributed by atoms with Crippen molar-refractivity contribution in [2.75, 3.05) is 0 Å². The monoisotopic (exact) mass is 154 g/mol. The molecular weight excluding hydrogens is 151 g/mol. The Kier molecular flexibility index (Phi) is 1.88. The standard InChI is InChI=1S/C6H3FN2S/c7-5-1-4(10)3-9-6(5)2-8/h1,3,10H. The molecule has 1 heterocycles. The van der Waals surface area contributed by atoms with E-state index in [0.29, 0.717) is 4.90 Å². The summed E-state index contributed by atoms with van der Waals surface area (Å²) in [6.45, 7) is 0. The fourth-order valence-corrected chi connectivity index (χ4v) is 0.681. The lowest BCUT2D eigenvalue weighted by molar-refractivity contribution is 0.612. The van der Waals surface area contributed by atoms with Gasteiger partial charge in [0.25, 0.3) is 0 Å². The topological polar surface area (TPSA) is 36.7 Å². The second kappa shape index (κ2) is 2.67. The summed E-state index contributed by atoms with van der Waals surface area (Å²) < 4.78 is 12.5. The number of aromatic nitrogens is 1. The summed E-state index contributed by atoms with van der Waals surface area (Å²) >= 11 is 3.83. The summed E-state index contributed by atoms with van der Waals surface area (Å²) in [6.07, 6.45) is 1.32. The summed E-state index contributed by atoms with van der Waals surface area (Å²) in [7, 11) is 0. The van der Waals surface area contributed by atoms with Gasteiger partial charge in [-0.25, -0.2) is 9.37 Å². The molecule has 0 radical (unpaired) electrons. The van der Waals surface area contributed by atoms with E-state index < -0.39 is 5.82 Å². The van der Waals surface area contributed by atoms with E-state index in [4.69, 9.17) is 5.26 Å². The number of rotatable bonds is 0. The van der Waals surface area contributed by atoms with Gasteiger partial charge in [0.15, 0.2) is 11.5 Å². The molecular formula is C6H3FN2S. The smallest absolute Gasteiger partial charge is 0.176 e. The van der Waals surface area contributed by atoms with Crippen molar-refractivity contribution in [3.63, 3.8) is 0 Å².